The number of nitrogens with zero attached hydrogens (tertiary/aromatic N) is 1. The van der Waals surface area contributed by atoms with E-state index in [-0.39, 0.29) is 12.3 Å². The van der Waals surface area contributed by atoms with Gasteiger partial charge in [-0.2, -0.15) is 0 Å². The Morgan fingerprint density at radius 1 is 1.64 bits per heavy atom. The van der Waals surface area contributed by atoms with Crippen LogP contribution in [0.3, 0.4) is 0 Å². The standard InChI is InChI=1S/C10H14N2O2/c1-7-2-3-9(12-6-7)8(5-11)4-10(13)14/h2-3,6,8H,4-5,11H2,1H3,(H,13,14). The van der Waals surface area contributed by atoms with Crippen LogP contribution in [0.2, 0.25) is 0 Å². The quantitative estimate of drug-likeness (QED) is 0.746. The number of hydrogen-bond acceptors (Lipinski definition) is 3. The molecule has 1 unspecified atom stereocenters. The van der Waals surface area contributed by atoms with Crippen LogP contribution in [0.1, 0.15) is 23.6 Å². The summed E-state index contributed by atoms with van der Waals surface area (Å²) in [5.74, 6) is -1.03. The Bertz CT molecular complexity index is 308. The van der Waals surface area contributed by atoms with Gasteiger partial charge in [0.15, 0.2) is 0 Å². The van der Waals surface area contributed by atoms with Crippen molar-refractivity contribution in [2.24, 2.45) is 5.73 Å². The van der Waals surface area contributed by atoms with E-state index >= 15 is 0 Å². The molecule has 0 aromatic carbocycles. The third-order valence-corrected chi connectivity index (χ3v) is 2.06. The van der Waals surface area contributed by atoms with Crippen LogP contribution >= 0.6 is 0 Å². The van der Waals surface area contributed by atoms with Crippen molar-refractivity contribution in [3.05, 3.63) is 29.6 Å². The van der Waals surface area contributed by atoms with Gasteiger partial charge in [-0.05, 0) is 18.6 Å². The molecule has 1 aromatic rings. The van der Waals surface area contributed by atoms with E-state index in [2.05, 4.69) is 4.98 Å². The first kappa shape index (κ1) is 10.7. The van der Waals surface area contributed by atoms with E-state index in [1.165, 1.54) is 0 Å². The number of pyridine rings is 1. The minimum atomic E-state index is -0.845. The third-order valence-electron chi connectivity index (χ3n) is 2.06. The third kappa shape index (κ3) is 2.81. The molecule has 0 fully saturated rings. The monoisotopic (exact) mass is 194 g/mol. The molecule has 4 heteroatoms. The van der Waals surface area contributed by atoms with Gasteiger partial charge in [0, 0.05) is 24.4 Å². The average molecular weight is 194 g/mol. The van der Waals surface area contributed by atoms with Crippen LogP contribution in [0.4, 0.5) is 0 Å². The van der Waals surface area contributed by atoms with Gasteiger partial charge in [0.2, 0.25) is 0 Å². The topological polar surface area (TPSA) is 76.2 Å². The second kappa shape index (κ2) is 4.72. The van der Waals surface area contributed by atoms with Crippen LogP contribution in [0.15, 0.2) is 18.3 Å². The van der Waals surface area contributed by atoms with Gasteiger partial charge in [-0.3, -0.25) is 9.78 Å². The SMILES string of the molecule is Cc1ccc(C(CN)CC(=O)O)nc1. The van der Waals surface area contributed by atoms with Crippen LogP contribution < -0.4 is 5.73 Å². The Morgan fingerprint density at radius 2 is 2.36 bits per heavy atom. The molecule has 1 heterocycles. The van der Waals surface area contributed by atoms with Crippen LogP contribution in [0, 0.1) is 6.92 Å². The normalized spacial score (nSPS) is 12.4. The molecular formula is C10H14N2O2. The largest absolute Gasteiger partial charge is 0.481 e. The first-order chi connectivity index (χ1) is 6.63. The fourth-order valence-corrected chi connectivity index (χ4v) is 1.24. The fourth-order valence-electron chi connectivity index (χ4n) is 1.24. The number of carbonyl (C=O) groups is 1. The minimum absolute atomic E-state index is 0.0343. The van der Waals surface area contributed by atoms with Gasteiger partial charge in [0.05, 0.1) is 6.42 Å². The summed E-state index contributed by atoms with van der Waals surface area (Å²) in [4.78, 5) is 14.7. The van der Waals surface area contributed by atoms with E-state index in [9.17, 15) is 4.79 Å². The molecular weight excluding hydrogens is 180 g/mol. The molecule has 0 saturated heterocycles. The van der Waals surface area contributed by atoms with Crippen LogP contribution in [-0.4, -0.2) is 22.6 Å². The number of hydrogen-bond donors (Lipinski definition) is 2. The highest BCUT2D eigenvalue weighted by molar-refractivity contribution is 5.67. The maximum atomic E-state index is 10.5. The van der Waals surface area contributed by atoms with Gasteiger partial charge in [-0.1, -0.05) is 6.07 Å². The van der Waals surface area contributed by atoms with Crippen LogP contribution in [-0.2, 0) is 4.79 Å². The summed E-state index contributed by atoms with van der Waals surface area (Å²) in [6.45, 7) is 2.24. The summed E-state index contributed by atoms with van der Waals surface area (Å²) in [6.07, 6.45) is 1.76. The number of carboxylic acids is 1. The van der Waals surface area contributed by atoms with Crippen molar-refractivity contribution in [3.8, 4) is 0 Å². The highest BCUT2D eigenvalue weighted by atomic mass is 16.4. The predicted octanol–water partition coefficient (Wildman–Crippen LogP) is 0.907. The maximum Gasteiger partial charge on any atom is 0.304 e. The molecule has 76 valence electrons. The molecule has 0 aliphatic heterocycles. The van der Waals surface area contributed by atoms with E-state index in [1.54, 1.807) is 6.20 Å². The Hall–Kier alpha value is -1.42. The zero-order valence-corrected chi connectivity index (χ0v) is 8.10. The Labute approximate surface area is 82.8 Å². The van der Waals surface area contributed by atoms with Crippen molar-refractivity contribution in [2.45, 2.75) is 19.3 Å². The smallest absolute Gasteiger partial charge is 0.304 e. The highest BCUT2D eigenvalue weighted by Gasteiger charge is 2.14. The zero-order valence-electron chi connectivity index (χ0n) is 8.10. The van der Waals surface area contributed by atoms with Gasteiger partial charge in [-0.25, -0.2) is 0 Å². The summed E-state index contributed by atoms with van der Waals surface area (Å²) < 4.78 is 0. The molecule has 0 radical (unpaired) electrons. The van der Waals surface area contributed by atoms with Crippen molar-refractivity contribution in [2.75, 3.05) is 6.54 Å². The molecule has 0 saturated carbocycles. The summed E-state index contributed by atoms with van der Waals surface area (Å²) >= 11 is 0. The van der Waals surface area contributed by atoms with E-state index in [0.29, 0.717) is 6.54 Å². The van der Waals surface area contributed by atoms with Crippen molar-refractivity contribution in [1.29, 1.82) is 0 Å². The second-order valence-corrected chi connectivity index (χ2v) is 3.29. The molecule has 0 aliphatic carbocycles. The van der Waals surface area contributed by atoms with E-state index in [0.717, 1.165) is 11.3 Å². The summed E-state index contributed by atoms with van der Waals surface area (Å²) in [5.41, 5.74) is 7.29. The lowest BCUT2D eigenvalue weighted by molar-refractivity contribution is -0.137. The van der Waals surface area contributed by atoms with Crippen molar-refractivity contribution in [3.63, 3.8) is 0 Å². The summed E-state index contributed by atoms with van der Waals surface area (Å²) in [5, 5.41) is 8.65. The number of rotatable bonds is 4. The highest BCUT2D eigenvalue weighted by Crippen LogP contribution is 2.16. The molecule has 0 bridgehead atoms. The first-order valence-corrected chi connectivity index (χ1v) is 4.48. The molecule has 14 heavy (non-hydrogen) atoms. The predicted molar refractivity (Wildman–Crippen MR) is 53.0 cm³/mol. The number of carboxylic acid groups (broad SMARTS) is 1. The first-order valence-electron chi connectivity index (χ1n) is 4.48. The van der Waals surface area contributed by atoms with Gasteiger partial charge in [-0.15, -0.1) is 0 Å². The number of aliphatic carboxylic acids is 1. The molecule has 1 aromatic heterocycles. The molecule has 1 rings (SSSR count). The number of aromatic nitrogens is 1. The molecule has 1 atom stereocenters. The molecule has 0 aliphatic rings. The lowest BCUT2D eigenvalue weighted by Crippen LogP contribution is -2.17. The van der Waals surface area contributed by atoms with Crippen LogP contribution in [0.25, 0.3) is 0 Å². The molecule has 0 amide bonds. The molecule has 3 N–H and O–H groups in total. The van der Waals surface area contributed by atoms with Crippen molar-refractivity contribution < 1.29 is 9.90 Å². The summed E-state index contributed by atoms with van der Waals surface area (Å²) in [7, 11) is 0. The van der Waals surface area contributed by atoms with Gasteiger partial charge >= 0.3 is 5.97 Å². The lowest BCUT2D eigenvalue weighted by Gasteiger charge is -2.11. The van der Waals surface area contributed by atoms with Crippen molar-refractivity contribution >= 4 is 5.97 Å². The Kier molecular flexibility index (Phi) is 3.59. The molecule has 0 spiro atoms. The second-order valence-electron chi connectivity index (χ2n) is 3.29. The molecule has 4 nitrogen and oxygen atoms in total. The van der Waals surface area contributed by atoms with Gasteiger partial charge < -0.3 is 10.8 Å². The number of nitrogens with two attached hydrogens (primary N) is 1. The van der Waals surface area contributed by atoms with E-state index in [4.69, 9.17) is 10.8 Å². The minimum Gasteiger partial charge on any atom is -0.481 e. The number of aryl methyl sites for hydroxylation is 1. The van der Waals surface area contributed by atoms with Crippen molar-refractivity contribution in [1.82, 2.24) is 4.98 Å². The average Bonchev–Trinajstić information content (AvgIpc) is 2.15. The van der Waals surface area contributed by atoms with E-state index in [1.807, 2.05) is 19.1 Å². The van der Waals surface area contributed by atoms with Crippen LogP contribution in [0.5, 0.6) is 0 Å². The van der Waals surface area contributed by atoms with E-state index < -0.39 is 5.97 Å². The Morgan fingerprint density at radius 3 is 2.79 bits per heavy atom. The fraction of sp³-hybridized carbons (Fsp3) is 0.400. The zero-order chi connectivity index (χ0) is 10.6. The maximum absolute atomic E-state index is 10.5. The van der Waals surface area contributed by atoms with Gasteiger partial charge in [0.1, 0.15) is 0 Å². The Balaban J connectivity index is 2.78. The van der Waals surface area contributed by atoms with Gasteiger partial charge in [0.25, 0.3) is 0 Å². The summed E-state index contributed by atoms with van der Waals surface area (Å²) in [6, 6.07) is 3.74. The lowest BCUT2D eigenvalue weighted by atomic mass is 10.0.